The largest absolute Gasteiger partial charge is 0.295 e. The van der Waals surface area contributed by atoms with Crippen molar-refractivity contribution in [2.24, 2.45) is 11.8 Å². The summed E-state index contributed by atoms with van der Waals surface area (Å²) in [4.78, 5) is 25.3. The van der Waals surface area contributed by atoms with Crippen LogP contribution in [0.1, 0.15) is 37.8 Å². The molecule has 25 heavy (non-hydrogen) atoms. The fraction of sp³-hybridized carbons (Fsp3) is 0.304. The molecule has 0 aliphatic heterocycles. The van der Waals surface area contributed by atoms with Gasteiger partial charge in [-0.2, -0.15) is 0 Å². The van der Waals surface area contributed by atoms with Crippen LogP contribution in [0.5, 0.6) is 0 Å². The standard InChI is InChI=1S/C23H22O2/c1-13(2)14(3)22-18-11-16-7-5-4-6-15(16)10-17(18)12-19-20(24)8-9-21(25)23(19)22/h4-11,19,22-23H,12H2,1-3H3. The molecule has 3 unspecified atom stereocenters. The van der Waals surface area contributed by atoms with Crippen LogP contribution >= 0.6 is 0 Å². The van der Waals surface area contributed by atoms with E-state index in [9.17, 15) is 9.59 Å². The van der Waals surface area contributed by atoms with Crippen LogP contribution in [-0.4, -0.2) is 11.6 Å². The van der Waals surface area contributed by atoms with Crippen molar-refractivity contribution in [3.8, 4) is 0 Å². The zero-order valence-electron chi connectivity index (χ0n) is 14.9. The summed E-state index contributed by atoms with van der Waals surface area (Å²) in [6, 6.07) is 12.7. The van der Waals surface area contributed by atoms with Crippen LogP contribution in [0.25, 0.3) is 10.8 Å². The average molecular weight is 330 g/mol. The first-order valence-corrected chi connectivity index (χ1v) is 8.88. The van der Waals surface area contributed by atoms with Gasteiger partial charge in [-0.1, -0.05) is 47.5 Å². The summed E-state index contributed by atoms with van der Waals surface area (Å²) in [7, 11) is 0. The Kier molecular flexibility index (Phi) is 3.72. The predicted molar refractivity (Wildman–Crippen MR) is 101 cm³/mol. The van der Waals surface area contributed by atoms with Crippen LogP contribution < -0.4 is 0 Å². The van der Waals surface area contributed by atoms with E-state index >= 15 is 0 Å². The molecule has 0 fully saturated rings. The minimum Gasteiger partial charge on any atom is -0.295 e. The van der Waals surface area contributed by atoms with Gasteiger partial charge < -0.3 is 0 Å². The number of benzene rings is 2. The molecule has 2 aromatic rings. The highest BCUT2D eigenvalue weighted by Gasteiger charge is 2.45. The molecular formula is C23H22O2. The second-order valence-electron chi connectivity index (χ2n) is 7.53. The summed E-state index contributed by atoms with van der Waals surface area (Å²) in [6.07, 6.45) is 3.62. The van der Waals surface area contributed by atoms with Crippen molar-refractivity contribution in [1.82, 2.24) is 0 Å². The Morgan fingerprint density at radius 2 is 1.56 bits per heavy atom. The summed E-state index contributed by atoms with van der Waals surface area (Å²) < 4.78 is 0. The predicted octanol–water partition coefficient (Wildman–Crippen LogP) is 4.78. The topological polar surface area (TPSA) is 34.1 Å². The molecule has 2 nitrogen and oxygen atoms in total. The fourth-order valence-electron chi connectivity index (χ4n) is 4.41. The molecule has 2 aromatic carbocycles. The van der Waals surface area contributed by atoms with E-state index in [0.29, 0.717) is 6.42 Å². The molecule has 0 radical (unpaired) electrons. The smallest absolute Gasteiger partial charge is 0.160 e. The first-order valence-electron chi connectivity index (χ1n) is 8.88. The van der Waals surface area contributed by atoms with E-state index in [1.807, 2.05) is 12.1 Å². The highest BCUT2D eigenvalue weighted by Crippen LogP contribution is 2.47. The molecule has 0 bridgehead atoms. The van der Waals surface area contributed by atoms with Gasteiger partial charge in [0, 0.05) is 17.8 Å². The van der Waals surface area contributed by atoms with E-state index in [1.165, 1.54) is 45.2 Å². The third-order valence-corrected chi connectivity index (χ3v) is 5.94. The van der Waals surface area contributed by atoms with Crippen molar-refractivity contribution in [2.45, 2.75) is 33.1 Å². The Labute approximate surface area is 148 Å². The Morgan fingerprint density at radius 1 is 0.920 bits per heavy atom. The molecular weight excluding hydrogens is 308 g/mol. The second-order valence-corrected chi connectivity index (χ2v) is 7.53. The molecule has 0 heterocycles. The lowest BCUT2D eigenvalue weighted by Gasteiger charge is -2.40. The quantitative estimate of drug-likeness (QED) is 0.705. The van der Waals surface area contributed by atoms with Gasteiger partial charge in [0.2, 0.25) is 0 Å². The first kappa shape index (κ1) is 16.0. The minimum atomic E-state index is -0.263. The van der Waals surface area contributed by atoms with Crippen LogP contribution in [-0.2, 0) is 16.0 Å². The highest BCUT2D eigenvalue weighted by molar-refractivity contribution is 6.08. The summed E-state index contributed by atoms with van der Waals surface area (Å²) in [5.74, 6) is -0.319. The average Bonchev–Trinajstić information content (AvgIpc) is 2.61. The maximum Gasteiger partial charge on any atom is 0.160 e. The van der Waals surface area contributed by atoms with Crippen LogP contribution in [0.3, 0.4) is 0 Å². The van der Waals surface area contributed by atoms with E-state index in [0.717, 1.165) is 0 Å². The van der Waals surface area contributed by atoms with Gasteiger partial charge in [0.15, 0.2) is 11.6 Å². The number of ketones is 2. The fourth-order valence-corrected chi connectivity index (χ4v) is 4.41. The van der Waals surface area contributed by atoms with Gasteiger partial charge in [0.1, 0.15) is 0 Å². The first-order chi connectivity index (χ1) is 12.0. The third-order valence-electron chi connectivity index (χ3n) is 5.94. The number of carbonyl (C=O) groups excluding carboxylic acids is 2. The Morgan fingerprint density at radius 3 is 2.24 bits per heavy atom. The summed E-state index contributed by atoms with van der Waals surface area (Å²) in [5.41, 5.74) is 4.86. The molecule has 0 saturated carbocycles. The van der Waals surface area contributed by atoms with Gasteiger partial charge >= 0.3 is 0 Å². The molecule has 0 aromatic heterocycles. The molecule has 2 aliphatic carbocycles. The molecule has 0 N–H and O–H groups in total. The SMILES string of the molecule is CC(C)=C(C)C1c2cc3ccccc3cc2CC2C(=O)C=CC(=O)C21. The molecule has 2 heteroatoms. The van der Waals surface area contributed by atoms with E-state index < -0.39 is 0 Å². The number of rotatable bonds is 1. The van der Waals surface area contributed by atoms with Crippen molar-refractivity contribution in [3.05, 3.63) is 70.8 Å². The van der Waals surface area contributed by atoms with Crippen molar-refractivity contribution in [1.29, 1.82) is 0 Å². The summed E-state index contributed by atoms with van der Waals surface area (Å²) in [5, 5.41) is 2.38. The molecule has 4 rings (SSSR count). The third kappa shape index (κ3) is 2.48. The van der Waals surface area contributed by atoms with Gasteiger partial charge in [-0.3, -0.25) is 9.59 Å². The van der Waals surface area contributed by atoms with Gasteiger partial charge in [0.25, 0.3) is 0 Å². The van der Waals surface area contributed by atoms with Crippen LogP contribution in [0.15, 0.2) is 59.7 Å². The van der Waals surface area contributed by atoms with E-state index in [1.54, 1.807) is 0 Å². The van der Waals surface area contributed by atoms with Gasteiger partial charge in [-0.15, -0.1) is 0 Å². The number of hydrogen-bond acceptors (Lipinski definition) is 2. The second kappa shape index (κ2) is 5.80. The van der Waals surface area contributed by atoms with Crippen molar-refractivity contribution in [2.75, 3.05) is 0 Å². The molecule has 2 aliphatic rings. The molecule has 0 amide bonds. The summed E-state index contributed by atoms with van der Waals surface area (Å²) in [6.45, 7) is 6.28. The van der Waals surface area contributed by atoms with Crippen LogP contribution in [0, 0.1) is 11.8 Å². The number of allylic oxidation sites excluding steroid dienone is 4. The minimum absolute atomic E-state index is 0.00949. The zero-order valence-corrected chi connectivity index (χ0v) is 14.9. The Hall–Kier alpha value is -2.48. The van der Waals surface area contributed by atoms with Gasteiger partial charge in [-0.25, -0.2) is 0 Å². The Bertz CT molecular complexity index is 957. The monoisotopic (exact) mass is 330 g/mol. The number of fused-ring (bicyclic) bond motifs is 3. The maximum absolute atomic E-state index is 12.7. The van der Waals surface area contributed by atoms with Crippen LogP contribution in [0.2, 0.25) is 0 Å². The number of carbonyl (C=O) groups is 2. The molecule has 3 atom stereocenters. The van der Waals surface area contributed by atoms with Crippen LogP contribution in [0.4, 0.5) is 0 Å². The summed E-state index contributed by atoms with van der Waals surface area (Å²) >= 11 is 0. The maximum atomic E-state index is 12.7. The van der Waals surface area contributed by atoms with Gasteiger partial charge in [0.05, 0.1) is 0 Å². The van der Waals surface area contributed by atoms with E-state index in [-0.39, 0.29) is 29.3 Å². The lowest BCUT2D eigenvalue weighted by molar-refractivity contribution is -0.129. The molecule has 0 saturated heterocycles. The van der Waals surface area contributed by atoms with Crippen molar-refractivity contribution < 1.29 is 9.59 Å². The molecule has 126 valence electrons. The normalized spacial score (nSPS) is 24.8. The lowest BCUT2D eigenvalue weighted by Crippen LogP contribution is -2.41. The zero-order chi connectivity index (χ0) is 17.7. The number of hydrogen-bond donors (Lipinski definition) is 0. The Balaban J connectivity index is 2.00. The van der Waals surface area contributed by atoms with E-state index in [4.69, 9.17) is 0 Å². The van der Waals surface area contributed by atoms with Gasteiger partial charge in [-0.05, 0) is 61.2 Å². The highest BCUT2D eigenvalue weighted by atomic mass is 16.1. The molecule has 0 spiro atoms. The van der Waals surface area contributed by atoms with Crippen molar-refractivity contribution in [3.63, 3.8) is 0 Å². The van der Waals surface area contributed by atoms with Crippen molar-refractivity contribution >= 4 is 22.3 Å². The lowest BCUT2D eigenvalue weighted by atomic mass is 9.61. The van der Waals surface area contributed by atoms with E-state index in [2.05, 4.69) is 45.0 Å².